The maximum atomic E-state index is 11.9. The van der Waals surface area contributed by atoms with Crippen LogP contribution in [0.3, 0.4) is 0 Å². The molecule has 0 aliphatic heterocycles. The highest BCUT2D eigenvalue weighted by molar-refractivity contribution is 6.20. The number of carbonyl (C=O) groups excluding carboxylic acids is 1. The molecule has 0 heterocycles. The number of phenols is 2. The molecule has 0 spiro atoms. The molecule has 0 aromatic heterocycles. The van der Waals surface area contributed by atoms with Gasteiger partial charge in [-0.25, -0.2) is 0 Å². The Labute approximate surface area is 111 Å². The van der Waals surface area contributed by atoms with Crippen LogP contribution in [0.5, 0.6) is 11.5 Å². The number of aromatic hydroxyl groups is 2. The van der Waals surface area contributed by atoms with E-state index < -0.39 is 5.91 Å². The molecule has 2 rings (SSSR count). The fourth-order valence-corrected chi connectivity index (χ4v) is 2.66. The zero-order chi connectivity index (χ0) is 13.1. The van der Waals surface area contributed by atoms with Gasteiger partial charge in [0.15, 0.2) is 0 Å². The summed E-state index contributed by atoms with van der Waals surface area (Å²) < 4.78 is 0. The summed E-state index contributed by atoms with van der Waals surface area (Å²) in [5.74, 6) is -0.503. The number of rotatable bonds is 3. The Hall–Kier alpha value is -1.42. The number of amides is 1. The van der Waals surface area contributed by atoms with Gasteiger partial charge in [-0.1, -0.05) is 6.07 Å². The molecular weight excluding hydrogens is 254 g/mol. The SMILES string of the molecule is O=C(NCC1CCC(Cl)C1)c1c(O)cccc1O. The monoisotopic (exact) mass is 269 g/mol. The lowest BCUT2D eigenvalue weighted by molar-refractivity contribution is 0.0942. The van der Waals surface area contributed by atoms with Crippen LogP contribution in [0.25, 0.3) is 0 Å². The van der Waals surface area contributed by atoms with Crippen molar-refractivity contribution in [3.05, 3.63) is 23.8 Å². The Morgan fingerprint density at radius 3 is 2.56 bits per heavy atom. The van der Waals surface area contributed by atoms with Gasteiger partial charge in [-0.05, 0) is 37.3 Å². The minimum absolute atomic E-state index is 0.0714. The van der Waals surface area contributed by atoms with E-state index in [0.29, 0.717) is 12.5 Å². The summed E-state index contributed by atoms with van der Waals surface area (Å²) in [5.41, 5.74) is -0.0714. The molecule has 18 heavy (non-hydrogen) atoms. The number of alkyl halides is 1. The summed E-state index contributed by atoms with van der Waals surface area (Å²) in [5, 5.41) is 22.0. The largest absolute Gasteiger partial charge is 0.507 e. The van der Waals surface area contributed by atoms with E-state index in [0.717, 1.165) is 19.3 Å². The van der Waals surface area contributed by atoms with Crippen LogP contribution in [-0.2, 0) is 0 Å². The average Bonchev–Trinajstić information content (AvgIpc) is 2.72. The number of hydrogen-bond donors (Lipinski definition) is 3. The predicted octanol–water partition coefficient (Wildman–Crippen LogP) is 2.24. The quantitative estimate of drug-likeness (QED) is 0.737. The summed E-state index contributed by atoms with van der Waals surface area (Å²) in [6.07, 6.45) is 2.87. The summed E-state index contributed by atoms with van der Waals surface area (Å²) >= 11 is 6.00. The van der Waals surface area contributed by atoms with Crippen molar-refractivity contribution in [1.29, 1.82) is 0 Å². The van der Waals surface area contributed by atoms with Gasteiger partial charge in [-0.3, -0.25) is 4.79 Å². The van der Waals surface area contributed by atoms with E-state index in [1.807, 2.05) is 0 Å². The Balaban J connectivity index is 1.96. The number of phenolic OH excluding ortho intramolecular Hbond substituents is 2. The van der Waals surface area contributed by atoms with Gasteiger partial charge in [0, 0.05) is 11.9 Å². The molecule has 3 N–H and O–H groups in total. The number of halogens is 1. The first kappa shape index (κ1) is 13.0. The van der Waals surface area contributed by atoms with Crippen LogP contribution in [-0.4, -0.2) is 28.0 Å². The molecule has 98 valence electrons. The van der Waals surface area contributed by atoms with Crippen LogP contribution in [0.15, 0.2) is 18.2 Å². The molecule has 1 fully saturated rings. The summed E-state index contributed by atoms with van der Waals surface area (Å²) in [6.45, 7) is 0.524. The number of benzene rings is 1. The molecule has 1 aliphatic carbocycles. The van der Waals surface area contributed by atoms with Gasteiger partial charge in [0.05, 0.1) is 0 Å². The highest BCUT2D eigenvalue weighted by Gasteiger charge is 2.24. The maximum Gasteiger partial charge on any atom is 0.258 e. The lowest BCUT2D eigenvalue weighted by Crippen LogP contribution is -2.28. The fraction of sp³-hybridized carbons (Fsp3) is 0.462. The molecule has 1 saturated carbocycles. The highest BCUT2D eigenvalue weighted by atomic mass is 35.5. The second kappa shape index (κ2) is 5.48. The number of hydrogen-bond acceptors (Lipinski definition) is 3. The lowest BCUT2D eigenvalue weighted by Gasteiger charge is -2.12. The molecule has 1 aliphatic rings. The van der Waals surface area contributed by atoms with E-state index in [4.69, 9.17) is 11.6 Å². The molecule has 1 aromatic rings. The van der Waals surface area contributed by atoms with Crippen molar-refractivity contribution in [2.75, 3.05) is 6.54 Å². The maximum absolute atomic E-state index is 11.9. The second-order valence-corrected chi connectivity index (χ2v) is 5.27. The van der Waals surface area contributed by atoms with Crippen molar-refractivity contribution in [2.24, 2.45) is 5.92 Å². The van der Waals surface area contributed by atoms with Crippen LogP contribution in [0, 0.1) is 5.92 Å². The van der Waals surface area contributed by atoms with Crippen molar-refractivity contribution in [3.8, 4) is 11.5 Å². The number of nitrogens with one attached hydrogen (secondary N) is 1. The van der Waals surface area contributed by atoms with Crippen molar-refractivity contribution in [2.45, 2.75) is 24.6 Å². The first-order valence-electron chi connectivity index (χ1n) is 6.01. The first-order valence-corrected chi connectivity index (χ1v) is 6.44. The van der Waals surface area contributed by atoms with Gasteiger partial charge in [-0.2, -0.15) is 0 Å². The minimum Gasteiger partial charge on any atom is -0.507 e. The van der Waals surface area contributed by atoms with E-state index >= 15 is 0 Å². The molecule has 2 unspecified atom stereocenters. The van der Waals surface area contributed by atoms with E-state index in [2.05, 4.69) is 5.32 Å². The molecule has 1 aromatic carbocycles. The van der Waals surface area contributed by atoms with Gasteiger partial charge in [0.1, 0.15) is 17.1 Å². The minimum atomic E-state index is -0.455. The lowest BCUT2D eigenvalue weighted by atomic mass is 10.1. The van der Waals surface area contributed by atoms with Crippen LogP contribution >= 0.6 is 11.6 Å². The third-order valence-corrected chi connectivity index (χ3v) is 3.67. The van der Waals surface area contributed by atoms with Crippen molar-refractivity contribution in [1.82, 2.24) is 5.32 Å². The fourth-order valence-electron chi connectivity index (χ4n) is 2.29. The van der Waals surface area contributed by atoms with E-state index in [9.17, 15) is 15.0 Å². The first-order chi connectivity index (χ1) is 8.58. The van der Waals surface area contributed by atoms with Crippen LogP contribution < -0.4 is 5.32 Å². The van der Waals surface area contributed by atoms with Gasteiger partial charge >= 0.3 is 0 Å². The topological polar surface area (TPSA) is 69.6 Å². The van der Waals surface area contributed by atoms with E-state index in [1.54, 1.807) is 0 Å². The zero-order valence-electron chi connectivity index (χ0n) is 9.90. The molecule has 0 radical (unpaired) electrons. The Bertz CT molecular complexity index is 430. The molecular formula is C13H16ClNO3. The van der Waals surface area contributed by atoms with E-state index in [1.165, 1.54) is 18.2 Å². The van der Waals surface area contributed by atoms with Gasteiger partial charge in [0.2, 0.25) is 0 Å². The van der Waals surface area contributed by atoms with Gasteiger partial charge in [-0.15, -0.1) is 11.6 Å². The third-order valence-electron chi connectivity index (χ3n) is 3.28. The van der Waals surface area contributed by atoms with Crippen LogP contribution in [0.1, 0.15) is 29.6 Å². The smallest absolute Gasteiger partial charge is 0.258 e. The second-order valence-electron chi connectivity index (χ2n) is 4.66. The number of carbonyl (C=O) groups is 1. The Morgan fingerprint density at radius 1 is 1.33 bits per heavy atom. The predicted molar refractivity (Wildman–Crippen MR) is 69.1 cm³/mol. The molecule has 0 bridgehead atoms. The molecule has 4 nitrogen and oxygen atoms in total. The zero-order valence-corrected chi connectivity index (χ0v) is 10.7. The highest BCUT2D eigenvalue weighted by Crippen LogP contribution is 2.29. The molecule has 0 saturated heterocycles. The van der Waals surface area contributed by atoms with Crippen molar-refractivity contribution in [3.63, 3.8) is 0 Å². The average molecular weight is 270 g/mol. The molecule has 5 heteroatoms. The Morgan fingerprint density at radius 2 is 2.00 bits per heavy atom. The van der Waals surface area contributed by atoms with Crippen molar-refractivity contribution < 1.29 is 15.0 Å². The van der Waals surface area contributed by atoms with Crippen LogP contribution in [0.4, 0.5) is 0 Å². The van der Waals surface area contributed by atoms with Crippen molar-refractivity contribution >= 4 is 17.5 Å². The van der Waals surface area contributed by atoms with Gasteiger partial charge in [0.25, 0.3) is 5.91 Å². The normalized spacial score (nSPS) is 22.9. The third kappa shape index (κ3) is 2.88. The standard InChI is InChI=1S/C13H16ClNO3/c14-9-5-4-8(6-9)7-15-13(18)12-10(16)2-1-3-11(12)17/h1-3,8-9,16-17H,4-7H2,(H,15,18). The van der Waals surface area contributed by atoms with Crippen LogP contribution in [0.2, 0.25) is 0 Å². The molecule has 2 atom stereocenters. The van der Waals surface area contributed by atoms with Gasteiger partial charge < -0.3 is 15.5 Å². The molecule has 1 amide bonds. The summed E-state index contributed by atoms with van der Waals surface area (Å²) in [6, 6.07) is 4.23. The van der Waals surface area contributed by atoms with E-state index in [-0.39, 0.29) is 22.4 Å². The summed E-state index contributed by atoms with van der Waals surface area (Å²) in [4.78, 5) is 11.9. The summed E-state index contributed by atoms with van der Waals surface area (Å²) in [7, 11) is 0. The Kier molecular flexibility index (Phi) is 3.97.